The minimum absolute atomic E-state index is 0.0200. The first-order chi connectivity index (χ1) is 17.1. The first-order valence-corrected chi connectivity index (χ1v) is 12.6. The van der Waals surface area contributed by atoms with E-state index in [0.29, 0.717) is 34.0 Å². The van der Waals surface area contributed by atoms with E-state index in [-0.39, 0.29) is 41.9 Å². The summed E-state index contributed by atoms with van der Waals surface area (Å²) in [4.78, 5) is 45.8. The Bertz CT molecular complexity index is 1520. The molecule has 2 aromatic heterocycles. The lowest BCUT2D eigenvalue weighted by Gasteiger charge is -2.42. The van der Waals surface area contributed by atoms with Crippen LogP contribution in [0.5, 0.6) is 0 Å². The highest BCUT2D eigenvalue weighted by Gasteiger charge is 2.41. The fourth-order valence-corrected chi connectivity index (χ4v) is 5.52. The van der Waals surface area contributed by atoms with E-state index in [9.17, 15) is 23.2 Å². The molecule has 1 aromatic carbocycles. The SMILES string of the molecule is CC1(F)CN(C(=O)Cn2cnc3sc(C#CCN4CCOC4=O)c(-c4ccc(F)c(Br)c4)c3c2=O)C1. The smallest absolute Gasteiger partial charge is 0.410 e. The number of hydrogen-bond donors (Lipinski definition) is 0. The zero-order chi connectivity index (χ0) is 25.6. The van der Waals surface area contributed by atoms with Crippen molar-refractivity contribution < 1.29 is 23.1 Å². The minimum atomic E-state index is -1.42. The van der Waals surface area contributed by atoms with Crippen molar-refractivity contribution in [3.63, 3.8) is 0 Å². The van der Waals surface area contributed by atoms with E-state index < -0.39 is 23.1 Å². The summed E-state index contributed by atoms with van der Waals surface area (Å²) in [5.74, 6) is 5.12. The number of thiophene rings is 1. The molecule has 3 aromatic rings. The van der Waals surface area contributed by atoms with Gasteiger partial charge in [0.2, 0.25) is 5.91 Å². The Hall–Kier alpha value is -3.30. The fraction of sp³-hybridized carbons (Fsp3) is 0.333. The monoisotopic (exact) mass is 576 g/mol. The van der Waals surface area contributed by atoms with Gasteiger partial charge in [-0.1, -0.05) is 17.9 Å². The number of carbonyl (C=O) groups is 2. The topological polar surface area (TPSA) is 84.7 Å². The predicted molar refractivity (Wildman–Crippen MR) is 133 cm³/mol. The molecule has 0 bridgehead atoms. The number of cyclic esters (lactones) is 1. The van der Waals surface area contributed by atoms with Gasteiger partial charge in [-0.3, -0.25) is 19.1 Å². The molecule has 2 saturated heterocycles. The van der Waals surface area contributed by atoms with Gasteiger partial charge in [-0.15, -0.1) is 11.3 Å². The van der Waals surface area contributed by atoms with Crippen molar-refractivity contribution in [2.24, 2.45) is 0 Å². The Balaban J connectivity index is 1.56. The highest BCUT2D eigenvalue weighted by Crippen LogP contribution is 2.37. The quantitative estimate of drug-likeness (QED) is 0.444. The maximum atomic E-state index is 14.0. The zero-order valence-corrected chi connectivity index (χ0v) is 21.4. The van der Waals surface area contributed by atoms with Crippen LogP contribution >= 0.6 is 27.3 Å². The number of alkyl halides is 1. The Labute approximate surface area is 216 Å². The van der Waals surface area contributed by atoms with E-state index in [1.807, 2.05) is 0 Å². The summed E-state index contributed by atoms with van der Waals surface area (Å²) in [6, 6.07) is 4.36. The molecule has 0 N–H and O–H groups in total. The third-order valence-electron chi connectivity index (χ3n) is 5.90. The Morgan fingerprint density at radius 3 is 2.78 bits per heavy atom. The number of hydrogen-bond acceptors (Lipinski definition) is 6. The molecule has 5 rings (SSSR count). The lowest BCUT2D eigenvalue weighted by molar-refractivity contribution is -0.144. The molecule has 8 nitrogen and oxygen atoms in total. The van der Waals surface area contributed by atoms with Crippen molar-refractivity contribution in [1.29, 1.82) is 0 Å². The highest BCUT2D eigenvalue weighted by atomic mass is 79.9. The van der Waals surface area contributed by atoms with Crippen LogP contribution < -0.4 is 5.56 Å². The van der Waals surface area contributed by atoms with Gasteiger partial charge in [-0.05, 0) is 40.5 Å². The fourth-order valence-electron chi connectivity index (χ4n) is 4.11. The number of halogens is 3. The van der Waals surface area contributed by atoms with E-state index in [0.717, 1.165) is 0 Å². The highest BCUT2D eigenvalue weighted by molar-refractivity contribution is 9.10. The summed E-state index contributed by atoms with van der Waals surface area (Å²) in [6.07, 6.45) is 0.850. The molecule has 0 aliphatic carbocycles. The predicted octanol–water partition coefficient (Wildman–Crippen LogP) is 3.40. The summed E-state index contributed by atoms with van der Waals surface area (Å²) in [5, 5.41) is 0.248. The number of benzene rings is 1. The number of ether oxygens (including phenoxy) is 1. The van der Waals surface area contributed by atoms with Crippen LogP contribution in [0.4, 0.5) is 13.6 Å². The Morgan fingerprint density at radius 2 is 2.11 bits per heavy atom. The molecule has 2 amide bonds. The molecule has 0 radical (unpaired) electrons. The number of carbonyl (C=O) groups excluding carboxylic acids is 2. The van der Waals surface area contributed by atoms with Crippen LogP contribution in [0, 0.1) is 17.7 Å². The van der Waals surface area contributed by atoms with Gasteiger partial charge in [0, 0.05) is 5.56 Å². The van der Waals surface area contributed by atoms with Gasteiger partial charge in [0.25, 0.3) is 5.56 Å². The summed E-state index contributed by atoms with van der Waals surface area (Å²) in [5.41, 5.74) is -0.872. The maximum Gasteiger partial charge on any atom is 0.410 e. The van der Waals surface area contributed by atoms with E-state index in [1.54, 1.807) is 6.07 Å². The van der Waals surface area contributed by atoms with Crippen LogP contribution in [0.1, 0.15) is 11.8 Å². The summed E-state index contributed by atoms with van der Waals surface area (Å²) < 4.78 is 34.1. The molecule has 12 heteroatoms. The molecule has 36 heavy (non-hydrogen) atoms. The van der Waals surface area contributed by atoms with Crippen molar-refractivity contribution >= 4 is 49.5 Å². The van der Waals surface area contributed by atoms with E-state index in [2.05, 4.69) is 32.8 Å². The van der Waals surface area contributed by atoms with E-state index >= 15 is 0 Å². The van der Waals surface area contributed by atoms with Gasteiger partial charge in [0.05, 0.1) is 47.2 Å². The average molecular weight is 577 g/mol. The number of aromatic nitrogens is 2. The second-order valence-electron chi connectivity index (χ2n) is 8.79. The standard InChI is InChI=1S/C24H19BrF2N4O4S/c1-24(27)11-31(12-24)18(32)10-30-13-28-21-20(22(30)33)19(14-4-5-16(26)15(25)9-14)17(36-21)3-2-6-29-7-8-35-23(29)34/h4-5,9,13H,6-8,10-12H2,1H3. The van der Waals surface area contributed by atoms with Crippen molar-refractivity contribution in [2.75, 3.05) is 32.8 Å². The summed E-state index contributed by atoms with van der Waals surface area (Å²) in [7, 11) is 0. The number of fused-ring (bicyclic) bond motifs is 1. The number of likely N-dealkylation sites (tertiary alicyclic amines) is 1. The van der Waals surface area contributed by atoms with Crippen LogP contribution in [0.25, 0.3) is 21.3 Å². The van der Waals surface area contributed by atoms with Gasteiger partial charge < -0.3 is 9.64 Å². The third kappa shape index (κ3) is 4.60. The van der Waals surface area contributed by atoms with Crippen LogP contribution in [0.3, 0.4) is 0 Å². The number of rotatable bonds is 4. The van der Waals surface area contributed by atoms with Crippen LogP contribution in [0.15, 0.2) is 33.8 Å². The molecule has 0 saturated carbocycles. The molecule has 0 spiro atoms. The molecule has 2 aliphatic heterocycles. The van der Waals surface area contributed by atoms with E-state index in [4.69, 9.17) is 4.74 Å². The molecule has 186 valence electrons. The zero-order valence-electron chi connectivity index (χ0n) is 19.0. The summed E-state index contributed by atoms with van der Waals surface area (Å²) >= 11 is 4.37. The van der Waals surface area contributed by atoms with Crippen LogP contribution in [-0.2, 0) is 16.1 Å². The second kappa shape index (κ2) is 9.29. The van der Waals surface area contributed by atoms with Gasteiger partial charge in [-0.2, -0.15) is 0 Å². The maximum absolute atomic E-state index is 14.0. The van der Waals surface area contributed by atoms with Crippen molar-refractivity contribution in [2.45, 2.75) is 19.1 Å². The first kappa shape index (κ1) is 24.4. The molecule has 2 fully saturated rings. The number of nitrogens with zero attached hydrogens (tertiary/aromatic N) is 4. The summed E-state index contributed by atoms with van der Waals surface area (Å²) in [6.45, 7) is 2.00. The van der Waals surface area contributed by atoms with Gasteiger partial charge in [0.1, 0.15) is 29.5 Å². The minimum Gasteiger partial charge on any atom is -0.448 e. The lowest BCUT2D eigenvalue weighted by Crippen LogP contribution is -2.60. The molecule has 0 atom stereocenters. The van der Waals surface area contributed by atoms with Gasteiger partial charge >= 0.3 is 6.09 Å². The molecule has 0 unspecified atom stereocenters. The van der Waals surface area contributed by atoms with Crippen LogP contribution in [-0.4, -0.2) is 69.8 Å². The second-order valence-corrected chi connectivity index (χ2v) is 10.6. The molecule has 4 heterocycles. The third-order valence-corrected chi connectivity index (χ3v) is 7.52. The Kier molecular flexibility index (Phi) is 6.30. The van der Waals surface area contributed by atoms with Gasteiger partial charge in [0.15, 0.2) is 0 Å². The molecular weight excluding hydrogens is 558 g/mol. The molecular formula is C24H19BrF2N4O4S. The lowest BCUT2D eigenvalue weighted by atomic mass is 9.99. The largest absolute Gasteiger partial charge is 0.448 e. The number of amides is 2. The van der Waals surface area contributed by atoms with Crippen molar-refractivity contribution in [3.05, 3.63) is 50.0 Å². The normalized spacial score (nSPS) is 16.5. The van der Waals surface area contributed by atoms with Crippen LogP contribution in [0.2, 0.25) is 0 Å². The first-order valence-electron chi connectivity index (χ1n) is 11.0. The van der Waals surface area contributed by atoms with Gasteiger partial charge in [-0.25, -0.2) is 18.6 Å². The Morgan fingerprint density at radius 1 is 1.33 bits per heavy atom. The average Bonchev–Trinajstić information content (AvgIpc) is 3.39. The molecule has 2 aliphatic rings. The van der Waals surface area contributed by atoms with E-state index in [1.165, 1.54) is 51.1 Å². The van der Waals surface area contributed by atoms with Crippen molar-refractivity contribution in [1.82, 2.24) is 19.4 Å². The van der Waals surface area contributed by atoms with Crippen molar-refractivity contribution in [3.8, 4) is 23.0 Å².